The van der Waals surface area contributed by atoms with E-state index in [0.717, 1.165) is 18.8 Å². The molecule has 3 heterocycles. The molecule has 2 aromatic heterocycles. The lowest BCUT2D eigenvalue weighted by molar-refractivity contribution is 0.0372. The highest BCUT2D eigenvalue weighted by molar-refractivity contribution is 9.10. The number of rotatable bonds is 5. The highest BCUT2D eigenvalue weighted by atomic mass is 79.9. The molecular formula is C14H15BrN8O. The number of nitriles is 1. The van der Waals surface area contributed by atoms with Gasteiger partial charge in [0.05, 0.1) is 30.8 Å². The Balaban J connectivity index is 1.65. The van der Waals surface area contributed by atoms with Gasteiger partial charge in [0.2, 0.25) is 0 Å². The molecule has 0 radical (unpaired) electrons. The Morgan fingerprint density at radius 2 is 2.25 bits per heavy atom. The first-order valence-electron chi connectivity index (χ1n) is 7.33. The summed E-state index contributed by atoms with van der Waals surface area (Å²) in [5.74, 6) is 0.999. The van der Waals surface area contributed by atoms with Crippen molar-refractivity contribution in [1.82, 2.24) is 25.5 Å². The van der Waals surface area contributed by atoms with Crippen molar-refractivity contribution in [2.24, 2.45) is 0 Å². The van der Waals surface area contributed by atoms with Crippen LogP contribution in [0.15, 0.2) is 23.1 Å². The number of nitrogens with one attached hydrogen (secondary N) is 3. The van der Waals surface area contributed by atoms with Crippen LogP contribution in [0.1, 0.15) is 5.69 Å². The molecule has 9 nitrogen and oxygen atoms in total. The summed E-state index contributed by atoms with van der Waals surface area (Å²) in [6.07, 6.45) is 2.97. The lowest BCUT2D eigenvalue weighted by atomic mass is 10.3. The third-order valence-electron chi connectivity index (χ3n) is 3.30. The van der Waals surface area contributed by atoms with Gasteiger partial charge in [0, 0.05) is 25.7 Å². The van der Waals surface area contributed by atoms with Gasteiger partial charge in [-0.2, -0.15) is 5.26 Å². The third-order valence-corrected chi connectivity index (χ3v) is 3.88. The molecule has 0 spiro atoms. The van der Waals surface area contributed by atoms with Gasteiger partial charge in [-0.05, 0) is 15.9 Å². The zero-order valence-corrected chi connectivity index (χ0v) is 14.2. The Bertz CT molecular complexity index is 727. The van der Waals surface area contributed by atoms with E-state index in [9.17, 15) is 0 Å². The highest BCUT2D eigenvalue weighted by Gasteiger charge is 2.14. The van der Waals surface area contributed by atoms with E-state index in [0.29, 0.717) is 29.4 Å². The average molecular weight is 391 g/mol. The van der Waals surface area contributed by atoms with Crippen LogP contribution in [-0.2, 0) is 4.74 Å². The Morgan fingerprint density at radius 3 is 2.96 bits per heavy atom. The minimum absolute atomic E-state index is 0.111. The summed E-state index contributed by atoms with van der Waals surface area (Å²) in [6, 6.07) is 3.73. The van der Waals surface area contributed by atoms with Gasteiger partial charge in [-0.3, -0.25) is 0 Å². The van der Waals surface area contributed by atoms with Crippen molar-refractivity contribution in [2.75, 3.05) is 36.9 Å². The Hall–Kier alpha value is -2.35. The Kier molecular flexibility index (Phi) is 5.47. The maximum atomic E-state index is 8.73. The first-order valence-corrected chi connectivity index (χ1v) is 8.12. The smallest absolute Gasteiger partial charge is 0.158 e. The minimum Gasteiger partial charge on any atom is -0.380 e. The first kappa shape index (κ1) is 16.5. The summed E-state index contributed by atoms with van der Waals surface area (Å²) in [5.41, 5.74) is 1.05. The number of morpholine rings is 1. The number of halogens is 1. The van der Waals surface area contributed by atoms with E-state index >= 15 is 0 Å². The number of aromatic nitrogens is 4. The summed E-state index contributed by atoms with van der Waals surface area (Å²) < 4.78 is 6.26. The van der Waals surface area contributed by atoms with Crippen molar-refractivity contribution >= 4 is 33.3 Å². The highest BCUT2D eigenvalue weighted by Crippen LogP contribution is 2.23. The standard InChI is InChI=1S/C14H15BrN8O/c15-14-11(19-7-10-6-17-1-2-24-10)3-12(22-23-14)21-13-8-18-9(4-16)5-20-13/h3,5,8,10,17H,1-2,6-7H2,(H2,19,20,21,22)/t10-/m1/s1. The number of ether oxygens (including phenoxy) is 1. The molecule has 0 aliphatic carbocycles. The van der Waals surface area contributed by atoms with Crippen LogP contribution >= 0.6 is 15.9 Å². The van der Waals surface area contributed by atoms with Gasteiger partial charge in [0.25, 0.3) is 0 Å². The molecule has 1 aliphatic rings. The molecule has 0 unspecified atom stereocenters. The van der Waals surface area contributed by atoms with Crippen LogP contribution in [0.4, 0.5) is 17.3 Å². The molecule has 1 saturated heterocycles. The summed E-state index contributed by atoms with van der Waals surface area (Å²) >= 11 is 3.38. The van der Waals surface area contributed by atoms with E-state index in [-0.39, 0.29) is 11.8 Å². The molecule has 0 aromatic carbocycles. The molecule has 1 atom stereocenters. The van der Waals surface area contributed by atoms with Crippen LogP contribution in [0.3, 0.4) is 0 Å². The normalized spacial score (nSPS) is 17.1. The van der Waals surface area contributed by atoms with Crippen LogP contribution in [0.25, 0.3) is 0 Å². The third kappa shape index (κ3) is 4.35. The van der Waals surface area contributed by atoms with Gasteiger partial charge in [0.1, 0.15) is 11.9 Å². The topological polar surface area (TPSA) is 121 Å². The van der Waals surface area contributed by atoms with Gasteiger partial charge in [0.15, 0.2) is 16.1 Å². The molecule has 3 rings (SSSR count). The summed E-state index contributed by atoms with van der Waals surface area (Å²) in [5, 5.41) is 26.4. The zero-order valence-electron chi connectivity index (χ0n) is 12.7. The quantitative estimate of drug-likeness (QED) is 0.687. The molecule has 3 N–H and O–H groups in total. The molecule has 124 valence electrons. The van der Waals surface area contributed by atoms with E-state index in [1.54, 1.807) is 0 Å². The number of hydrogen-bond acceptors (Lipinski definition) is 9. The van der Waals surface area contributed by atoms with Crippen LogP contribution in [0.5, 0.6) is 0 Å². The number of anilines is 3. The van der Waals surface area contributed by atoms with Gasteiger partial charge in [-0.25, -0.2) is 9.97 Å². The fourth-order valence-corrected chi connectivity index (χ4v) is 2.45. The molecule has 1 aliphatic heterocycles. The number of nitrogens with zero attached hydrogens (tertiary/aromatic N) is 5. The van der Waals surface area contributed by atoms with Crippen molar-refractivity contribution in [3.8, 4) is 6.07 Å². The maximum Gasteiger partial charge on any atom is 0.158 e. The molecule has 24 heavy (non-hydrogen) atoms. The minimum atomic E-state index is 0.111. The molecule has 0 saturated carbocycles. The largest absolute Gasteiger partial charge is 0.380 e. The molecule has 2 aromatic rings. The van der Waals surface area contributed by atoms with E-state index in [4.69, 9.17) is 10.00 Å². The number of hydrogen-bond donors (Lipinski definition) is 3. The molecule has 0 bridgehead atoms. The van der Waals surface area contributed by atoms with E-state index in [2.05, 4.69) is 52.0 Å². The maximum absolute atomic E-state index is 8.73. The van der Waals surface area contributed by atoms with Crippen LogP contribution < -0.4 is 16.0 Å². The van der Waals surface area contributed by atoms with E-state index in [1.165, 1.54) is 12.4 Å². The van der Waals surface area contributed by atoms with Crippen LogP contribution in [0, 0.1) is 11.3 Å². The predicted octanol–water partition coefficient (Wildman–Crippen LogP) is 1.04. The Morgan fingerprint density at radius 1 is 1.33 bits per heavy atom. The van der Waals surface area contributed by atoms with Crippen LogP contribution in [0.2, 0.25) is 0 Å². The van der Waals surface area contributed by atoms with Gasteiger partial charge in [-0.15, -0.1) is 10.2 Å². The van der Waals surface area contributed by atoms with Crippen molar-refractivity contribution in [1.29, 1.82) is 5.26 Å². The van der Waals surface area contributed by atoms with E-state index < -0.39 is 0 Å². The summed E-state index contributed by atoms with van der Waals surface area (Å²) in [4.78, 5) is 8.04. The SMILES string of the molecule is N#Cc1cnc(Nc2cc(NC[C@H]3CNCCO3)c(Br)nn2)cn1. The monoisotopic (exact) mass is 390 g/mol. The van der Waals surface area contributed by atoms with Gasteiger partial charge >= 0.3 is 0 Å². The second-order valence-corrected chi connectivity index (χ2v) is 5.79. The van der Waals surface area contributed by atoms with Crippen LogP contribution in [-0.4, -0.2) is 52.5 Å². The van der Waals surface area contributed by atoms with Gasteiger partial charge < -0.3 is 20.7 Å². The fourth-order valence-electron chi connectivity index (χ4n) is 2.12. The molecular weight excluding hydrogens is 376 g/mol. The van der Waals surface area contributed by atoms with Crippen molar-refractivity contribution in [3.05, 3.63) is 28.8 Å². The lowest BCUT2D eigenvalue weighted by Gasteiger charge is -2.24. The van der Waals surface area contributed by atoms with Crippen molar-refractivity contribution < 1.29 is 4.74 Å². The Labute approximate surface area is 147 Å². The van der Waals surface area contributed by atoms with Gasteiger partial charge in [-0.1, -0.05) is 0 Å². The second-order valence-electron chi connectivity index (χ2n) is 5.04. The van der Waals surface area contributed by atoms with Crippen molar-refractivity contribution in [2.45, 2.75) is 6.10 Å². The average Bonchev–Trinajstić information content (AvgIpc) is 2.63. The summed E-state index contributed by atoms with van der Waals surface area (Å²) in [7, 11) is 0. The first-order chi connectivity index (χ1) is 11.7. The van der Waals surface area contributed by atoms with E-state index in [1.807, 2.05) is 12.1 Å². The van der Waals surface area contributed by atoms with Crippen molar-refractivity contribution in [3.63, 3.8) is 0 Å². The fraction of sp³-hybridized carbons (Fsp3) is 0.357. The summed E-state index contributed by atoms with van der Waals surface area (Å²) in [6.45, 7) is 3.07. The molecule has 10 heteroatoms. The lowest BCUT2D eigenvalue weighted by Crippen LogP contribution is -2.42. The molecule has 1 fully saturated rings. The molecule has 0 amide bonds. The predicted molar refractivity (Wildman–Crippen MR) is 90.9 cm³/mol. The zero-order chi connectivity index (χ0) is 16.8. The second kappa shape index (κ2) is 7.96.